The number of carbonyl (C=O) groups is 4. The molecule has 1 aromatic rings. The number of carbonyl (C=O) groups excluding carboxylic acids is 2. The minimum atomic E-state index is -1.09. The van der Waals surface area contributed by atoms with Crippen LogP contribution < -0.4 is 5.32 Å². The van der Waals surface area contributed by atoms with Gasteiger partial charge in [0.25, 0.3) is 0 Å². The molecule has 0 radical (unpaired) electrons. The van der Waals surface area contributed by atoms with Crippen molar-refractivity contribution in [2.24, 2.45) is 0 Å². The second-order valence-corrected chi connectivity index (χ2v) is 11.4. The van der Waals surface area contributed by atoms with Crippen molar-refractivity contribution >= 4 is 24.1 Å². The summed E-state index contributed by atoms with van der Waals surface area (Å²) < 4.78 is 10.4. The van der Waals surface area contributed by atoms with Crippen LogP contribution in [0.25, 0.3) is 0 Å². The Bertz CT molecular complexity index is 915. The fraction of sp³-hybridized carbons (Fsp3) is 0.643. The number of rotatable bonds is 7. The third-order valence-electron chi connectivity index (χ3n) is 5.62. The van der Waals surface area contributed by atoms with Crippen LogP contribution >= 0.6 is 0 Å². The largest absolute Gasteiger partial charge is 0.480 e. The Kier molecular flexibility index (Phi) is 12.6. The van der Waals surface area contributed by atoms with Crippen LogP contribution in [0.2, 0.25) is 0 Å². The van der Waals surface area contributed by atoms with Gasteiger partial charge in [0.15, 0.2) is 0 Å². The van der Waals surface area contributed by atoms with Crippen molar-refractivity contribution in [1.82, 2.24) is 10.2 Å². The molecule has 1 aliphatic carbocycles. The fourth-order valence-corrected chi connectivity index (χ4v) is 3.92. The van der Waals surface area contributed by atoms with Gasteiger partial charge in [-0.2, -0.15) is 0 Å². The van der Waals surface area contributed by atoms with Crippen LogP contribution in [-0.2, 0) is 25.5 Å². The Morgan fingerprint density at radius 3 is 1.87 bits per heavy atom. The average Bonchev–Trinajstić information content (AvgIpc) is 2.78. The molecule has 1 saturated carbocycles. The lowest BCUT2D eigenvalue weighted by molar-refractivity contribution is -0.143. The molecule has 0 heterocycles. The standard InChI is InChI=1S/C14H25NO4.C14H19NO4/c1-10(12(16)17)15(11-8-6-5-7-9-11)13(18)19-14(2,3)4;1-14(2,3)19-13(18)15-11(12(16)17)9-10-7-5-4-6-8-10/h10-11H,5-9H2,1-4H3,(H,16,17);4-8,11H,9H2,1-3H3,(H,15,18)(H,16,17)/t10-;11-/m01/s1. The summed E-state index contributed by atoms with van der Waals surface area (Å²) >= 11 is 0. The first kappa shape index (κ1) is 32.7. The number of alkyl carbamates (subject to hydrolysis) is 1. The van der Waals surface area contributed by atoms with Crippen molar-refractivity contribution in [2.75, 3.05) is 0 Å². The molecule has 0 bridgehead atoms. The molecule has 38 heavy (non-hydrogen) atoms. The lowest BCUT2D eigenvalue weighted by Crippen LogP contribution is -2.51. The Morgan fingerprint density at radius 1 is 0.895 bits per heavy atom. The number of carboxylic acids is 2. The second kappa shape index (κ2) is 14.6. The fourth-order valence-electron chi connectivity index (χ4n) is 3.92. The Balaban J connectivity index is 0.000000380. The van der Waals surface area contributed by atoms with Crippen LogP contribution in [0.3, 0.4) is 0 Å². The van der Waals surface area contributed by atoms with Gasteiger partial charge in [0, 0.05) is 12.5 Å². The number of hydrogen-bond acceptors (Lipinski definition) is 6. The number of amides is 2. The van der Waals surface area contributed by atoms with Crippen LogP contribution in [0.4, 0.5) is 9.59 Å². The predicted octanol–water partition coefficient (Wildman–Crippen LogP) is 5.24. The molecule has 10 nitrogen and oxygen atoms in total. The Morgan fingerprint density at radius 2 is 1.42 bits per heavy atom. The third-order valence-corrected chi connectivity index (χ3v) is 5.62. The zero-order valence-corrected chi connectivity index (χ0v) is 23.7. The molecule has 1 fully saturated rings. The van der Waals surface area contributed by atoms with Gasteiger partial charge >= 0.3 is 24.1 Å². The van der Waals surface area contributed by atoms with E-state index in [1.807, 2.05) is 30.3 Å². The van der Waals surface area contributed by atoms with Crippen LogP contribution in [-0.4, -0.2) is 68.6 Å². The number of benzene rings is 1. The molecule has 0 spiro atoms. The van der Waals surface area contributed by atoms with Crippen molar-refractivity contribution in [1.29, 1.82) is 0 Å². The van der Waals surface area contributed by atoms with Gasteiger partial charge in [0.1, 0.15) is 23.3 Å². The summed E-state index contributed by atoms with van der Waals surface area (Å²) in [4.78, 5) is 47.6. The maximum Gasteiger partial charge on any atom is 0.411 e. The molecular formula is C28H44N2O8. The second-order valence-electron chi connectivity index (χ2n) is 11.4. The minimum absolute atomic E-state index is 0.0188. The number of carboxylic acid groups (broad SMARTS) is 2. The highest BCUT2D eigenvalue weighted by molar-refractivity contribution is 5.80. The van der Waals surface area contributed by atoms with Crippen LogP contribution in [0.5, 0.6) is 0 Å². The van der Waals surface area contributed by atoms with E-state index in [1.165, 1.54) is 4.90 Å². The van der Waals surface area contributed by atoms with E-state index in [4.69, 9.17) is 14.6 Å². The molecule has 214 valence electrons. The first-order valence-electron chi connectivity index (χ1n) is 13.0. The molecule has 0 aliphatic heterocycles. The maximum absolute atomic E-state index is 12.2. The quantitative estimate of drug-likeness (QED) is 0.430. The van der Waals surface area contributed by atoms with E-state index in [-0.39, 0.29) is 12.5 Å². The normalized spacial score (nSPS) is 15.7. The SMILES string of the molecule is CC(C)(C)OC(=O)N[C@H](Cc1ccccc1)C(=O)O.C[C@@H](C(=O)O)N(C(=O)OC(C)(C)C)C1CCCCC1. The zero-order chi connectivity index (χ0) is 29.1. The molecule has 0 unspecified atom stereocenters. The predicted molar refractivity (Wildman–Crippen MR) is 143 cm³/mol. The van der Waals surface area contributed by atoms with Gasteiger partial charge in [-0.1, -0.05) is 49.6 Å². The van der Waals surface area contributed by atoms with E-state index in [0.29, 0.717) is 0 Å². The number of nitrogens with zero attached hydrogens (tertiary/aromatic N) is 1. The molecule has 1 aliphatic rings. The minimum Gasteiger partial charge on any atom is -0.480 e. The lowest BCUT2D eigenvalue weighted by atomic mass is 9.93. The number of ether oxygens (including phenoxy) is 2. The van der Waals surface area contributed by atoms with Gasteiger partial charge in [-0.15, -0.1) is 0 Å². The molecular weight excluding hydrogens is 492 g/mol. The van der Waals surface area contributed by atoms with Gasteiger partial charge < -0.3 is 25.0 Å². The first-order chi connectivity index (χ1) is 17.5. The van der Waals surface area contributed by atoms with E-state index < -0.39 is 47.4 Å². The third kappa shape index (κ3) is 12.8. The number of aliphatic carboxylic acids is 2. The summed E-state index contributed by atoms with van der Waals surface area (Å²) in [7, 11) is 0. The van der Waals surface area contributed by atoms with E-state index in [0.717, 1.165) is 37.7 Å². The summed E-state index contributed by atoms with van der Waals surface area (Å²) in [6.07, 6.45) is 3.92. The highest BCUT2D eigenvalue weighted by atomic mass is 16.6. The maximum atomic E-state index is 12.2. The molecule has 0 aromatic heterocycles. The lowest BCUT2D eigenvalue weighted by Gasteiger charge is -2.37. The topological polar surface area (TPSA) is 142 Å². The van der Waals surface area contributed by atoms with Crippen molar-refractivity contribution in [3.05, 3.63) is 35.9 Å². The molecule has 2 rings (SSSR count). The van der Waals surface area contributed by atoms with Gasteiger partial charge in [-0.05, 0) is 66.9 Å². The summed E-state index contributed by atoms with van der Waals surface area (Å²) in [5.74, 6) is -2.08. The molecule has 1 aromatic carbocycles. The van der Waals surface area contributed by atoms with E-state index in [2.05, 4.69) is 5.32 Å². The number of nitrogens with one attached hydrogen (secondary N) is 1. The van der Waals surface area contributed by atoms with Crippen molar-refractivity contribution < 1.29 is 38.9 Å². The molecule has 0 saturated heterocycles. The van der Waals surface area contributed by atoms with Crippen molar-refractivity contribution in [2.45, 2.75) is 116 Å². The monoisotopic (exact) mass is 536 g/mol. The zero-order valence-electron chi connectivity index (χ0n) is 23.7. The molecule has 3 N–H and O–H groups in total. The average molecular weight is 537 g/mol. The van der Waals surface area contributed by atoms with Crippen molar-refractivity contribution in [3.63, 3.8) is 0 Å². The van der Waals surface area contributed by atoms with E-state index >= 15 is 0 Å². The van der Waals surface area contributed by atoms with Gasteiger partial charge in [0.05, 0.1) is 0 Å². The van der Waals surface area contributed by atoms with Gasteiger partial charge in [-0.3, -0.25) is 4.90 Å². The van der Waals surface area contributed by atoms with E-state index in [9.17, 15) is 24.3 Å². The van der Waals surface area contributed by atoms with Gasteiger partial charge in [-0.25, -0.2) is 19.2 Å². The highest BCUT2D eigenvalue weighted by Crippen LogP contribution is 2.26. The summed E-state index contributed by atoms with van der Waals surface area (Å²) in [5.41, 5.74) is -0.423. The number of hydrogen-bond donors (Lipinski definition) is 3. The van der Waals surface area contributed by atoms with Crippen LogP contribution in [0.1, 0.15) is 86.1 Å². The van der Waals surface area contributed by atoms with E-state index in [1.54, 1.807) is 48.5 Å². The first-order valence-corrected chi connectivity index (χ1v) is 13.0. The van der Waals surface area contributed by atoms with Gasteiger partial charge in [0.2, 0.25) is 0 Å². The highest BCUT2D eigenvalue weighted by Gasteiger charge is 2.35. The summed E-state index contributed by atoms with van der Waals surface area (Å²) in [6.45, 7) is 12.1. The molecule has 10 heteroatoms. The smallest absolute Gasteiger partial charge is 0.411 e. The van der Waals surface area contributed by atoms with Crippen LogP contribution in [0.15, 0.2) is 30.3 Å². The Labute approximate surface area is 225 Å². The molecule has 2 atom stereocenters. The summed E-state index contributed by atoms with van der Waals surface area (Å²) in [5, 5.41) is 20.7. The molecule has 2 amide bonds. The Hall–Kier alpha value is -3.30. The van der Waals surface area contributed by atoms with Crippen LogP contribution in [0, 0.1) is 0 Å². The van der Waals surface area contributed by atoms with Crippen molar-refractivity contribution in [3.8, 4) is 0 Å². The summed E-state index contributed by atoms with van der Waals surface area (Å²) in [6, 6.07) is 7.24.